The van der Waals surface area contributed by atoms with Gasteiger partial charge in [0.2, 0.25) is 5.91 Å². The predicted octanol–water partition coefficient (Wildman–Crippen LogP) is 4.15. The third-order valence-electron chi connectivity index (χ3n) is 3.59. The van der Waals surface area contributed by atoms with Crippen LogP contribution in [-0.4, -0.2) is 24.6 Å². The quantitative estimate of drug-likeness (QED) is 0.753. The van der Waals surface area contributed by atoms with Gasteiger partial charge >= 0.3 is 0 Å². The fourth-order valence-electron chi connectivity index (χ4n) is 2.30. The minimum absolute atomic E-state index is 0.0127. The van der Waals surface area contributed by atoms with Gasteiger partial charge in [-0.25, -0.2) is 0 Å². The Kier molecular flexibility index (Phi) is 6.31. The number of nitrogens with one attached hydrogen (secondary N) is 1. The minimum Gasteiger partial charge on any atom is -0.496 e. The summed E-state index contributed by atoms with van der Waals surface area (Å²) in [5.74, 6) is -0.203. The van der Waals surface area contributed by atoms with Crippen molar-refractivity contribution in [3.05, 3.63) is 58.6 Å². The molecule has 0 spiro atoms. The number of benzene rings is 2. The minimum atomic E-state index is -0.310. The molecule has 2 aromatic rings. The van der Waals surface area contributed by atoms with Gasteiger partial charge in [0.15, 0.2) is 11.6 Å². The Labute approximate surface area is 150 Å². The van der Waals surface area contributed by atoms with Crippen LogP contribution < -0.4 is 10.1 Å². The van der Waals surface area contributed by atoms with Crippen molar-refractivity contribution in [2.75, 3.05) is 12.4 Å². The summed E-state index contributed by atoms with van der Waals surface area (Å²) in [6.45, 7) is 1.46. The van der Waals surface area contributed by atoms with Gasteiger partial charge in [-0.1, -0.05) is 23.7 Å². The summed E-state index contributed by atoms with van der Waals surface area (Å²) in [7, 11) is 1.47. The molecule has 0 aliphatic carbocycles. The molecular weight excluding hydrogens is 342 g/mol. The number of ketones is 2. The van der Waals surface area contributed by atoms with Crippen LogP contribution in [0.25, 0.3) is 0 Å². The van der Waals surface area contributed by atoms with Crippen LogP contribution in [0.2, 0.25) is 5.02 Å². The highest BCUT2D eigenvalue weighted by molar-refractivity contribution is 6.31. The van der Waals surface area contributed by atoms with Crippen molar-refractivity contribution < 1.29 is 19.1 Å². The van der Waals surface area contributed by atoms with E-state index in [1.54, 1.807) is 36.4 Å². The summed E-state index contributed by atoms with van der Waals surface area (Å²) in [6.07, 6.45) is 0.0355. The highest BCUT2D eigenvalue weighted by Gasteiger charge is 2.15. The molecule has 0 bridgehead atoms. The number of methoxy groups -OCH3 is 1. The van der Waals surface area contributed by atoms with Crippen molar-refractivity contribution in [1.82, 2.24) is 0 Å². The van der Waals surface area contributed by atoms with Crippen molar-refractivity contribution >= 4 is 34.8 Å². The molecule has 1 amide bonds. The molecule has 0 saturated carbocycles. The molecule has 0 aliphatic rings. The van der Waals surface area contributed by atoms with Crippen LogP contribution in [0.15, 0.2) is 42.5 Å². The van der Waals surface area contributed by atoms with Crippen molar-refractivity contribution in [3.63, 3.8) is 0 Å². The molecule has 2 rings (SSSR count). The number of halogens is 1. The molecule has 0 unspecified atom stereocenters. The van der Waals surface area contributed by atoms with E-state index in [0.717, 1.165) is 0 Å². The number of amides is 1. The van der Waals surface area contributed by atoms with Crippen molar-refractivity contribution in [1.29, 1.82) is 0 Å². The van der Waals surface area contributed by atoms with E-state index in [2.05, 4.69) is 5.32 Å². The molecule has 130 valence electrons. The van der Waals surface area contributed by atoms with Crippen LogP contribution in [-0.2, 0) is 4.79 Å². The van der Waals surface area contributed by atoms with Crippen LogP contribution in [0.3, 0.4) is 0 Å². The molecule has 0 atom stereocenters. The zero-order chi connectivity index (χ0) is 18.4. The maximum Gasteiger partial charge on any atom is 0.224 e. The van der Waals surface area contributed by atoms with Gasteiger partial charge in [-0.3, -0.25) is 14.4 Å². The van der Waals surface area contributed by atoms with Gasteiger partial charge in [0.25, 0.3) is 0 Å². The van der Waals surface area contributed by atoms with Crippen LogP contribution >= 0.6 is 11.6 Å². The first-order chi connectivity index (χ1) is 11.9. The average molecular weight is 360 g/mol. The monoisotopic (exact) mass is 359 g/mol. The second-order valence-electron chi connectivity index (χ2n) is 5.45. The van der Waals surface area contributed by atoms with E-state index in [4.69, 9.17) is 16.3 Å². The highest BCUT2D eigenvalue weighted by atomic mass is 35.5. The highest BCUT2D eigenvalue weighted by Crippen LogP contribution is 2.24. The molecule has 0 aromatic heterocycles. The Bertz CT molecular complexity index is 817. The first-order valence-corrected chi connectivity index (χ1v) is 8.06. The van der Waals surface area contributed by atoms with E-state index in [-0.39, 0.29) is 30.3 Å². The Hall–Kier alpha value is -2.66. The third-order valence-corrected chi connectivity index (χ3v) is 3.83. The Morgan fingerprint density at radius 3 is 2.52 bits per heavy atom. The summed E-state index contributed by atoms with van der Waals surface area (Å²) in [4.78, 5) is 35.7. The van der Waals surface area contributed by atoms with Gasteiger partial charge in [0, 0.05) is 29.1 Å². The standard InChI is InChI=1S/C19H18ClNO4/c1-12(22)13-4-3-5-15(10-13)21-19(24)9-7-17(23)16-11-14(20)6-8-18(16)25-2/h3-6,8,10-11H,7,9H2,1-2H3,(H,21,24). The SMILES string of the molecule is COc1ccc(Cl)cc1C(=O)CCC(=O)Nc1cccc(C(C)=O)c1. The Balaban J connectivity index is 1.98. The van der Waals surface area contributed by atoms with E-state index in [1.807, 2.05) is 0 Å². The van der Waals surface area contributed by atoms with E-state index >= 15 is 0 Å². The number of carbonyl (C=O) groups excluding carboxylic acids is 3. The molecule has 5 nitrogen and oxygen atoms in total. The number of carbonyl (C=O) groups is 3. The lowest BCUT2D eigenvalue weighted by Gasteiger charge is -2.09. The third kappa shape index (κ3) is 5.16. The summed E-state index contributed by atoms with van der Waals surface area (Å²) in [6, 6.07) is 11.4. The van der Waals surface area contributed by atoms with Gasteiger partial charge in [-0.15, -0.1) is 0 Å². The first-order valence-electron chi connectivity index (χ1n) is 7.68. The summed E-state index contributed by atoms with van der Waals surface area (Å²) < 4.78 is 5.15. The van der Waals surface area contributed by atoms with E-state index < -0.39 is 0 Å². The molecule has 0 aliphatic heterocycles. The Morgan fingerprint density at radius 1 is 1.08 bits per heavy atom. The zero-order valence-corrected chi connectivity index (χ0v) is 14.7. The second kappa shape index (κ2) is 8.44. The van der Waals surface area contributed by atoms with Crippen LogP contribution in [0.1, 0.15) is 40.5 Å². The van der Waals surface area contributed by atoms with Crippen LogP contribution in [0.5, 0.6) is 5.75 Å². The summed E-state index contributed by atoms with van der Waals surface area (Å²) in [5, 5.41) is 3.11. The van der Waals surface area contributed by atoms with Crippen LogP contribution in [0, 0.1) is 0 Å². The predicted molar refractivity (Wildman–Crippen MR) is 96.6 cm³/mol. The van der Waals surface area contributed by atoms with Crippen LogP contribution in [0.4, 0.5) is 5.69 Å². The maximum atomic E-state index is 12.3. The molecule has 0 fully saturated rings. The number of hydrogen-bond donors (Lipinski definition) is 1. The first kappa shape index (κ1) is 18.7. The molecule has 0 saturated heterocycles. The Morgan fingerprint density at radius 2 is 1.84 bits per heavy atom. The molecule has 2 aromatic carbocycles. The lowest BCUT2D eigenvalue weighted by atomic mass is 10.1. The van der Waals surface area contributed by atoms with Gasteiger partial charge < -0.3 is 10.1 Å². The average Bonchev–Trinajstić information content (AvgIpc) is 2.59. The molecular formula is C19H18ClNO4. The van der Waals surface area contributed by atoms with E-state index in [1.165, 1.54) is 20.1 Å². The van der Waals surface area contributed by atoms with Gasteiger partial charge in [-0.05, 0) is 37.3 Å². The maximum absolute atomic E-state index is 12.3. The fraction of sp³-hybridized carbons (Fsp3) is 0.211. The number of anilines is 1. The lowest BCUT2D eigenvalue weighted by molar-refractivity contribution is -0.116. The lowest BCUT2D eigenvalue weighted by Crippen LogP contribution is -2.14. The molecule has 0 radical (unpaired) electrons. The summed E-state index contributed by atoms with van der Waals surface area (Å²) >= 11 is 5.91. The molecule has 0 heterocycles. The molecule has 25 heavy (non-hydrogen) atoms. The summed E-state index contributed by atoms with van der Waals surface area (Å²) in [5.41, 5.74) is 1.38. The van der Waals surface area contributed by atoms with E-state index in [9.17, 15) is 14.4 Å². The van der Waals surface area contributed by atoms with Crippen molar-refractivity contribution in [3.8, 4) is 5.75 Å². The smallest absolute Gasteiger partial charge is 0.224 e. The largest absolute Gasteiger partial charge is 0.496 e. The normalized spacial score (nSPS) is 10.2. The molecule has 6 heteroatoms. The second-order valence-corrected chi connectivity index (χ2v) is 5.89. The topological polar surface area (TPSA) is 72.5 Å². The van der Waals surface area contributed by atoms with Gasteiger partial charge in [0.05, 0.1) is 12.7 Å². The van der Waals surface area contributed by atoms with Gasteiger partial charge in [0.1, 0.15) is 5.75 Å². The number of hydrogen-bond acceptors (Lipinski definition) is 4. The van der Waals surface area contributed by atoms with E-state index in [0.29, 0.717) is 27.6 Å². The number of Topliss-reactive ketones (excluding diaryl/α,β-unsaturated/α-hetero) is 2. The fourth-order valence-corrected chi connectivity index (χ4v) is 2.47. The zero-order valence-electron chi connectivity index (χ0n) is 14.0. The molecule has 1 N–H and O–H groups in total. The number of rotatable bonds is 7. The number of ether oxygens (including phenoxy) is 1. The van der Waals surface area contributed by atoms with Gasteiger partial charge in [-0.2, -0.15) is 0 Å². The van der Waals surface area contributed by atoms with Crippen molar-refractivity contribution in [2.45, 2.75) is 19.8 Å². The van der Waals surface area contributed by atoms with Crippen molar-refractivity contribution in [2.24, 2.45) is 0 Å².